The fourth-order valence-corrected chi connectivity index (χ4v) is 6.55. The zero-order valence-corrected chi connectivity index (χ0v) is 23.4. The average molecular weight is 564 g/mol. The Bertz CT molecular complexity index is 1440. The maximum Gasteiger partial charge on any atom is 0.275 e. The van der Waals surface area contributed by atoms with Crippen LogP contribution in [0.3, 0.4) is 0 Å². The Hall–Kier alpha value is -2.81. The van der Waals surface area contributed by atoms with E-state index in [1.54, 1.807) is 10.6 Å². The van der Waals surface area contributed by atoms with Crippen molar-refractivity contribution in [3.63, 3.8) is 0 Å². The number of sulfonamides is 1. The fraction of sp³-hybridized carbons (Fsp3) is 0.538. The van der Waals surface area contributed by atoms with Gasteiger partial charge in [0.05, 0.1) is 22.6 Å². The van der Waals surface area contributed by atoms with Gasteiger partial charge in [-0.05, 0) is 61.8 Å². The second-order valence-electron chi connectivity index (χ2n) is 9.88. The van der Waals surface area contributed by atoms with E-state index in [0.29, 0.717) is 61.3 Å². The highest BCUT2D eigenvalue weighted by molar-refractivity contribution is 7.89. The number of rotatable bonds is 12. The zero-order chi connectivity index (χ0) is 28.2. The van der Waals surface area contributed by atoms with Crippen LogP contribution in [0.2, 0.25) is 0 Å². The standard InChI is InChI=1S/C26H37N5O7S/c1-4-6-19-17-29(3)24-23(19)27-25(28-26(24)32)21-16-20(7-8-22(21)37-14-5-2)39(35,36)30-12-9-18(10-13-30)11-15-38-31(33)34/h7-8,16-18,31,33H,4-6,9-15H2,1-3H3,(H,27,28,32). The van der Waals surface area contributed by atoms with E-state index < -0.39 is 15.4 Å². The van der Waals surface area contributed by atoms with Crippen molar-refractivity contribution in [3.05, 3.63) is 45.5 Å². The molecule has 1 atom stereocenters. The minimum Gasteiger partial charge on any atom is -0.566 e. The number of piperidine rings is 1. The van der Waals surface area contributed by atoms with Crippen molar-refractivity contribution in [3.8, 4) is 17.1 Å². The third-order valence-corrected chi connectivity index (χ3v) is 8.95. The Morgan fingerprint density at radius 2 is 1.95 bits per heavy atom. The molecule has 4 rings (SSSR count). The zero-order valence-electron chi connectivity index (χ0n) is 22.6. The number of nitrogens with one attached hydrogen (secondary N) is 2. The highest BCUT2D eigenvalue weighted by Crippen LogP contribution is 2.33. The van der Waals surface area contributed by atoms with Gasteiger partial charge >= 0.3 is 0 Å². The number of H-pyrrole nitrogens is 1. The van der Waals surface area contributed by atoms with Gasteiger partial charge in [0.2, 0.25) is 10.0 Å². The van der Waals surface area contributed by atoms with Crippen molar-refractivity contribution in [1.29, 1.82) is 0 Å². The molecule has 0 amide bonds. The number of fused-ring (bicyclic) bond motifs is 1. The molecule has 1 fully saturated rings. The Labute approximate surface area is 227 Å². The molecule has 214 valence electrons. The molecule has 1 aliphatic heterocycles. The monoisotopic (exact) mass is 563 g/mol. The third kappa shape index (κ3) is 6.51. The molecule has 12 nitrogen and oxygen atoms in total. The van der Waals surface area contributed by atoms with Gasteiger partial charge in [0.25, 0.3) is 5.56 Å². The Morgan fingerprint density at radius 3 is 2.62 bits per heavy atom. The minimum atomic E-state index is -3.82. The number of aromatic amines is 1. The normalized spacial score (nSPS) is 16.1. The van der Waals surface area contributed by atoms with E-state index in [4.69, 9.17) is 14.9 Å². The summed E-state index contributed by atoms with van der Waals surface area (Å²) in [5, 5.41) is 17.9. The van der Waals surface area contributed by atoms with Crippen LogP contribution in [-0.4, -0.2) is 58.8 Å². The average Bonchev–Trinajstić information content (AvgIpc) is 3.23. The van der Waals surface area contributed by atoms with Crippen LogP contribution in [-0.2, 0) is 28.3 Å². The molecule has 0 radical (unpaired) electrons. The van der Waals surface area contributed by atoms with E-state index in [1.165, 1.54) is 16.4 Å². The predicted octanol–water partition coefficient (Wildman–Crippen LogP) is 2.16. The second-order valence-corrected chi connectivity index (χ2v) is 11.8. The maximum atomic E-state index is 13.6. The van der Waals surface area contributed by atoms with Gasteiger partial charge in [-0.15, -0.1) is 0 Å². The van der Waals surface area contributed by atoms with E-state index in [9.17, 15) is 18.4 Å². The van der Waals surface area contributed by atoms with Gasteiger partial charge in [0.1, 0.15) is 23.7 Å². The molecule has 1 aliphatic rings. The second kappa shape index (κ2) is 12.6. The van der Waals surface area contributed by atoms with E-state index >= 15 is 0 Å². The lowest BCUT2D eigenvalue weighted by atomic mass is 9.95. The molecule has 2 aromatic heterocycles. The van der Waals surface area contributed by atoms with Gasteiger partial charge in [-0.2, -0.15) is 14.4 Å². The van der Waals surface area contributed by atoms with Crippen LogP contribution in [0.5, 0.6) is 5.75 Å². The molecule has 1 saturated heterocycles. The molecule has 0 spiro atoms. The van der Waals surface area contributed by atoms with Gasteiger partial charge < -0.3 is 19.5 Å². The summed E-state index contributed by atoms with van der Waals surface area (Å²) in [6, 6.07) is 4.67. The first kappa shape index (κ1) is 29.2. The number of aromatic nitrogens is 3. The molecule has 3 heterocycles. The van der Waals surface area contributed by atoms with Crippen molar-refractivity contribution in [2.75, 3.05) is 26.3 Å². The summed E-state index contributed by atoms with van der Waals surface area (Å²) in [5.74, 6) is 0.903. The molecule has 1 unspecified atom stereocenters. The molecule has 3 aromatic rings. The van der Waals surface area contributed by atoms with Gasteiger partial charge in [-0.25, -0.2) is 13.4 Å². The molecule has 13 heteroatoms. The van der Waals surface area contributed by atoms with Gasteiger partial charge in [0.15, 0.2) is 0 Å². The molecule has 0 saturated carbocycles. The summed E-state index contributed by atoms with van der Waals surface area (Å²) in [7, 11) is -2.01. The minimum absolute atomic E-state index is 0.0959. The summed E-state index contributed by atoms with van der Waals surface area (Å²) in [6.07, 6.45) is 6.12. The molecule has 1 aromatic carbocycles. The molecular formula is C26H37N5O7S. The maximum absolute atomic E-state index is 13.6. The molecule has 39 heavy (non-hydrogen) atoms. The summed E-state index contributed by atoms with van der Waals surface area (Å²) < 4.78 is 36.4. The molecule has 0 aliphatic carbocycles. The van der Waals surface area contributed by atoms with Gasteiger partial charge in [-0.3, -0.25) is 4.79 Å². The van der Waals surface area contributed by atoms with Crippen LogP contribution in [0.1, 0.15) is 51.5 Å². The summed E-state index contributed by atoms with van der Waals surface area (Å²) in [5.41, 5.74) is 2.14. The van der Waals surface area contributed by atoms with Crippen LogP contribution in [0.15, 0.2) is 34.1 Å². The van der Waals surface area contributed by atoms with Crippen molar-refractivity contribution in [1.82, 2.24) is 18.8 Å². The first-order chi connectivity index (χ1) is 18.6. The van der Waals surface area contributed by atoms with Crippen LogP contribution >= 0.6 is 0 Å². The number of hydrogen-bond donors (Lipinski definition) is 3. The lowest BCUT2D eigenvalue weighted by Gasteiger charge is -2.31. The van der Waals surface area contributed by atoms with Gasteiger partial charge in [-0.1, -0.05) is 25.7 Å². The summed E-state index contributed by atoms with van der Waals surface area (Å²) in [4.78, 5) is 25.4. The number of ether oxygens (including phenoxy) is 1. The van der Waals surface area contributed by atoms with Crippen molar-refractivity contribution < 1.29 is 28.6 Å². The lowest BCUT2D eigenvalue weighted by molar-refractivity contribution is -1.21. The smallest absolute Gasteiger partial charge is 0.275 e. The summed E-state index contributed by atoms with van der Waals surface area (Å²) in [6.45, 7) is 5.22. The highest BCUT2D eigenvalue weighted by atomic mass is 32.2. The molecular weight excluding hydrogens is 526 g/mol. The Morgan fingerprint density at radius 1 is 1.21 bits per heavy atom. The van der Waals surface area contributed by atoms with Crippen LogP contribution < -0.4 is 15.7 Å². The number of nitrogens with zero attached hydrogens (tertiary/aromatic N) is 3. The quantitative estimate of drug-likeness (QED) is 0.283. The van der Waals surface area contributed by atoms with E-state index in [1.807, 2.05) is 20.2 Å². The number of aryl methyl sites for hydroxylation is 2. The SMILES string of the molecule is CCCOc1ccc(S(=O)(=O)N2CCC(CCO[NH+]([O-])O)CC2)cc1-c1nc2c(CCC)cn(C)c2c(=O)[nH]1. The fourth-order valence-electron chi connectivity index (χ4n) is 5.05. The number of benzene rings is 1. The van der Waals surface area contributed by atoms with E-state index in [2.05, 4.69) is 16.7 Å². The number of quaternary nitrogens is 1. The molecule has 0 bridgehead atoms. The highest BCUT2D eigenvalue weighted by Gasteiger charge is 2.30. The Balaban J connectivity index is 1.66. The molecule has 3 N–H and O–H groups in total. The topological polar surface area (TPSA) is 154 Å². The lowest BCUT2D eigenvalue weighted by Crippen LogP contribution is -3.03. The Kier molecular flexibility index (Phi) is 9.41. The largest absolute Gasteiger partial charge is 0.566 e. The van der Waals surface area contributed by atoms with Crippen molar-refractivity contribution >= 4 is 21.1 Å². The number of hydrogen-bond acceptors (Lipinski definition) is 8. The van der Waals surface area contributed by atoms with Crippen LogP contribution in [0, 0.1) is 11.1 Å². The first-order valence-corrected chi connectivity index (χ1v) is 14.8. The first-order valence-electron chi connectivity index (χ1n) is 13.4. The van der Waals surface area contributed by atoms with Crippen LogP contribution in [0.4, 0.5) is 0 Å². The van der Waals surface area contributed by atoms with E-state index in [-0.39, 0.29) is 28.8 Å². The third-order valence-electron chi connectivity index (χ3n) is 7.05. The summed E-state index contributed by atoms with van der Waals surface area (Å²) >= 11 is 0. The van der Waals surface area contributed by atoms with Crippen molar-refractivity contribution in [2.45, 2.75) is 57.3 Å². The van der Waals surface area contributed by atoms with Crippen molar-refractivity contribution in [2.24, 2.45) is 13.0 Å². The van der Waals surface area contributed by atoms with Gasteiger partial charge in [0, 0.05) is 26.3 Å². The van der Waals surface area contributed by atoms with E-state index in [0.717, 1.165) is 24.8 Å². The van der Waals surface area contributed by atoms with Crippen LogP contribution in [0.25, 0.3) is 22.4 Å². The predicted molar refractivity (Wildman–Crippen MR) is 145 cm³/mol.